The summed E-state index contributed by atoms with van der Waals surface area (Å²) in [4.78, 5) is 14.7. The van der Waals surface area contributed by atoms with Crippen LogP contribution in [0.4, 0.5) is 0 Å². The maximum Gasteiger partial charge on any atom is 0.227 e. The number of ether oxygens (including phenoxy) is 1. The molecule has 2 bridgehead atoms. The minimum Gasteiger partial charge on any atom is -0.497 e. The Morgan fingerprint density at radius 2 is 2.24 bits per heavy atom. The van der Waals surface area contributed by atoms with E-state index in [1.54, 1.807) is 7.11 Å². The van der Waals surface area contributed by atoms with Gasteiger partial charge in [-0.15, -0.1) is 0 Å². The summed E-state index contributed by atoms with van der Waals surface area (Å²) in [6.45, 7) is 0.950. The van der Waals surface area contributed by atoms with Crippen LogP contribution in [0.3, 0.4) is 0 Å². The maximum absolute atomic E-state index is 12.6. The van der Waals surface area contributed by atoms with E-state index in [1.807, 2.05) is 18.2 Å². The highest BCUT2D eigenvalue weighted by atomic mass is 16.5. The molecule has 0 radical (unpaired) electrons. The van der Waals surface area contributed by atoms with Gasteiger partial charge in [0.05, 0.1) is 13.5 Å². The summed E-state index contributed by atoms with van der Waals surface area (Å²) in [5.41, 5.74) is 1.97. The molecule has 5 rings (SSSR count). The molecule has 21 heavy (non-hydrogen) atoms. The molecule has 4 nitrogen and oxygen atoms in total. The van der Waals surface area contributed by atoms with E-state index in [2.05, 4.69) is 4.90 Å². The number of piperidine rings is 1. The van der Waals surface area contributed by atoms with Crippen LogP contribution in [0.2, 0.25) is 0 Å². The third kappa shape index (κ3) is 1.42. The molecule has 1 amide bonds. The first-order chi connectivity index (χ1) is 10.2. The van der Waals surface area contributed by atoms with Crippen LogP contribution in [0.15, 0.2) is 22.6 Å². The quantitative estimate of drug-likeness (QED) is 0.808. The second-order valence-corrected chi connectivity index (χ2v) is 6.54. The van der Waals surface area contributed by atoms with Crippen molar-refractivity contribution < 1.29 is 13.9 Å². The summed E-state index contributed by atoms with van der Waals surface area (Å²) in [7, 11) is 1.67. The maximum atomic E-state index is 12.6. The van der Waals surface area contributed by atoms with Crippen molar-refractivity contribution >= 4 is 16.9 Å². The molecule has 0 spiro atoms. The Balaban J connectivity index is 1.75. The molecule has 2 aromatic rings. The number of methoxy groups -OCH3 is 1. The second-order valence-electron chi connectivity index (χ2n) is 6.54. The van der Waals surface area contributed by atoms with Crippen molar-refractivity contribution in [3.05, 3.63) is 29.5 Å². The molecule has 3 heterocycles. The van der Waals surface area contributed by atoms with Gasteiger partial charge in [0, 0.05) is 29.5 Å². The van der Waals surface area contributed by atoms with Crippen LogP contribution in [0.5, 0.6) is 5.75 Å². The number of rotatable bonds is 1. The third-order valence-corrected chi connectivity index (χ3v) is 5.50. The van der Waals surface area contributed by atoms with Gasteiger partial charge >= 0.3 is 0 Å². The van der Waals surface area contributed by atoms with Crippen LogP contribution in [0, 0.1) is 5.92 Å². The molecule has 3 aliphatic rings. The predicted molar refractivity (Wildman–Crippen MR) is 77.4 cm³/mol. The highest BCUT2D eigenvalue weighted by molar-refractivity contribution is 5.91. The van der Waals surface area contributed by atoms with Gasteiger partial charge in [-0.25, -0.2) is 0 Å². The van der Waals surface area contributed by atoms with Crippen LogP contribution < -0.4 is 4.74 Å². The van der Waals surface area contributed by atoms with Gasteiger partial charge in [-0.3, -0.25) is 4.79 Å². The predicted octanol–water partition coefficient (Wildman–Crippen LogP) is 2.70. The topological polar surface area (TPSA) is 42.7 Å². The minimum atomic E-state index is 0.261. The second kappa shape index (κ2) is 3.81. The Labute approximate surface area is 122 Å². The summed E-state index contributed by atoms with van der Waals surface area (Å²) in [6.07, 6.45) is 2.78. The van der Waals surface area contributed by atoms with Crippen molar-refractivity contribution in [2.24, 2.45) is 5.92 Å². The molecular formula is C17H17NO3. The fourth-order valence-corrected chi connectivity index (χ4v) is 4.60. The zero-order valence-corrected chi connectivity index (χ0v) is 12.0. The van der Waals surface area contributed by atoms with E-state index in [4.69, 9.17) is 9.15 Å². The van der Waals surface area contributed by atoms with Crippen molar-refractivity contribution in [2.75, 3.05) is 13.7 Å². The first-order valence-corrected chi connectivity index (χ1v) is 7.63. The zero-order valence-electron chi connectivity index (χ0n) is 12.0. The number of benzene rings is 1. The molecule has 1 saturated heterocycles. The van der Waals surface area contributed by atoms with E-state index in [1.165, 1.54) is 6.42 Å². The molecule has 2 fully saturated rings. The normalized spacial score (nSPS) is 29.9. The van der Waals surface area contributed by atoms with Gasteiger partial charge in [-0.2, -0.15) is 0 Å². The van der Waals surface area contributed by atoms with Gasteiger partial charge < -0.3 is 14.1 Å². The highest BCUT2D eigenvalue weighted by Crippen LogP contribution is 2.51. The third-order valence-electron chi connectivity index (χ3n) is 5.50. The van der Waals surface area contributed by atoms with Gasteiger partial charge in [0.15, 0.2) is 0 Å². The molecule has 1 aliphatic carbocycles. The lowest BCUT2D eigenvalue weighted by Crippen LogP contribution is -2.40. The molecule has 3 unspecified atom stereocenters. The van der Waals surface area contributed by atoms with E-state index in [0.717, 1.165) is 41.0 Å². The SMILES string of the molecule is COc1ccc2oc3c(c2c1)CC(=O)N1CC2CC3C1C2. The summed E-state index contributed by atoms with van der Waals surface area (Å²) in [5.74, 6) is 3.19. The summed E-state index contributed by atoms with van der Waals surface area (Å²) in [5, 5.41) is 1.05. The monoisotopic (exact) mass is 283 g/mol. The first kappa shape index (κ1) is 11.7. The van der Waals surface area contributed by atoms with Crippen LogP contribution in [0.1, 0.15) is 30.1 Å². The molecule has 3 atom stereocenters. The van der Waals surface area contributed by atoms with Crippen molar-refractivity contribution in [1.82, 2.24) is 4.90 Å². The van der Waals surface area contributed by atoms with Gasteiger partial charge in [0.1, 0.15) is 17.1 Å². The van der Waals surface area contributed by atoms with E-state index in [9.17, 15) is 4.79 Å². The van der Waals surface area contributed by atoms with Crippen LogP contribution in [0.25, 0.3) is 11.0 Å². The van der Waals surface area contributed by atoms with Crippen LogP contribution in [-0.4, -0.2) is 30.5 Å². The summed E-state index contributed by atoms with van der Waals surface area (Å²) >= 11 is 0. The lowest BCUT2D eigenvalue weighted by Gasteiger charge is -2.30. The molecule has 2 aliphatic heterocycles. The first-order valence-electron chi connectivity index (χ1n) is 7.63. The largest absolute Gasteiger partial charge is 0.497 e. The average Bonchev–Trinajstić information content (AvgIpc) is 3.17. The smallest absolute Gasteiger partial charge is 0.227 e. The molecular weight excluding hydrogens is 266 g/mol. The number of hydrogen-bond acceptors (Lipinski definition) is 3. The van der Waals surface area contributed by atoms with Crippen LogP contribution in [-0.2, 0) is 11.2 Å². The average molecular weight is 283 g/mol. The Morgan fingerprint density at radius 3 is 3.05 bits per heavy atom. The van der Waals surface area contributed by atoms with Crippen molar-refractivity contribution in [2.45, 2.75) is 31.2 Å². The highest BCUT2D eigenvalue weighted by Gasteiger charge is 2.51. The van der Waals surface area contributed by atoms with E-state index in [0.29, 0.717) is 24.3 Å². The summed E-state index contributed by atoms with van der Waals surface area (Å²) in [6, 6.07) is 6.24. The Bertz CT molecular complexity index is 763. The van der Waals surface area contributed by atoms with Crippen molar-refractivity contribution in [1.29, 1.82) is 0 Å². The fraction of sp³-hybridized carbons (Fsp3) is 0.471. The van der Waals surface area contributed by atoms with Gasteiger partial charge in [0.25, 0.3) is 0 Å². The molecule has 4 heteroatoms. The lowest BCUT2D eigenvalue weighted by atomic mass is 9.94. The zero-order chi connectivity index (χ0) is 14.1. The van der Waals surface area contributed by atoms with E-state index >= 15 is 0 Å². The van der Waals surface area contributed by atoms with E-state index in [-0.39, 0.29) is 5.91 Å². The number of hydrogen-bond donors (Lipinski definition) is 0. The summed E-state index contributed by atoms with van der Waals surface area (Å²) < 4.78 is 11.5. The van der Waals surface area contributed by atoms with Gasteiger partial charge in [-0.1, -0.05) is 0 Å². The number of nitrogens with zero attached hydrogens (tertiary/aromatic N) is 1. The lowest BCUT2D eigenvalue weighted by molar-refractivity contribution is -0.132. The van der Waals surface area contributed by atoms with Crippen molar-refractivity contribution in [3.63, 3.8) is 0 Å². The molecule has 1 aromatic heterocycles. The fourth-order valence-electron chi connectivity index (χ4n) is 4.60. The van der Waals surface area contributed by atoms with Crippen LogP contribution >= 0.6 is 0 Å². The van der Waals surface area contributed by atoms with Crippen molar-refractivity contribution in [3.8, 4) is 5.75 Å². The number of carbonyl (C=O) groups excluding carboxylic acids is 1. The molecule has 108 valence electrons. The molecule has 1 saturated carbocycles. The number of fused-ring (bicyclic) bond motifs is 5. The van der Waals surface area contributed by atoms with E-state index < -0.39 is 0 Å². The number of furan rings is 1. The standard InChI is InChI=1S/C17H17NO3/c1-20-10-2-3-15-11(6-10)12-7-16(19)18-8-9-4-13(14(18)5-9)17(12)21-15/h2-3,6,9,13-14H,4-5,7-8H2,1H3. The van der Waals surface area contributed by atoms with Gasteiger partial charge in [0.2, 0.25) is 5.91 Å². The Kier molecular flexibility index (Phi) is 2.12. The minimum absolute atomic E-state index is 0.261. The Hall–Kier alpha value is -1.97. The molecule has 0 N–H and O–H groups in total. The number of amides is 1. The van der Waals surface area contributed by atoms with Gasteiger partial charge in [-0.05, 0) is 37.0 Å². The number of carbonyl (C=O) groups is 1. The Morgan fingerprint density at radius 1 is 1.33 bits per heavy atom. The molecule has 1 aromatic carbocycles.